The van der Waals surface area contributed by atoms with Gasteiger partial charge in [-0.2, -0.15) is 5.10 Å². The number of para-hydroxylation sites is 1. The van der Waals surface area contributed by atoms with E-state index in [2.05, 4.69) is 10.4 Å². The first kappa shape index (κ1) is 14.2. The lowest BCUT2D eigenvalue weighted by Crippen LogP contribution is -2.30. The summed E-state index contributed by atoms with van der Waals surface area (Å²) in [4.78, 5) is 10.4. The Morgan fingerprint density at radius 3 is 2.90 bits per heavy atom. The number of hydrogen-bond acceptors (Lipinski definition) is 5. The van der Waals surface area contributed by atoms with Crippen molar-refractivity contribution < 1.29 is 10.0 Å². The molecule has 106 valence electrons. The number of nitrogens with zero attached hydrogens (tertiary/aromatic N) is 3. The summed E-state index contributed by atoms with van der Waals surface area (Å²) in [6.07, 6.45) is 2.82. The molecular weight excluding hydrogens is 260 g/mol. The van der Waals surface area contributed by atoms with Crippen LogP contribution >= 0.6 is 0 Å². The van der Waals surface area contributed by atoms with Crippen molar-refractivity contribution in [3.63, 3.8) is 0 Å². The minimum absolute atomic E-state index is 0.0848. The van der Waals surface area contributed by atoms with Gasteiger partial charge in [0.25, 0.3) is 5.69 Å². The molecule has 2 rings (SSSR count). The van der Waals surface area contributed by atoms with Crippen LogP contribution in [0.3, 0.4) is 0 Å². The Labute approximate surface area is 116 Å². The molecule has 1 aromatic carbocycles. The first-order valence-electron chi connectivity index (χ1n) is 6.25. The highest BCUT2D eigenvalue weighted by Crippen LogP contribution is 2.16. The van der Waals surface area contributed by atoms with E-state index in [0.717, 1.165) is 0 Å². The van der Waals surface area contributed by atoms with Crippen molar-refractivity contribution in [1.29, 1.82) is 0 Å². The Morgan fingerprint density at radius 1 is 1.40 bits per heavy atom. The van der Waals surface area contributed by atoms with Crippen LogP contribution in [0.15, 0.2) is 42.7 Å². The number of aliphatic hydroxyl groups is 1. The number of nitrogens with one attached hydrogen (secondary N) is 1. The van der Waals surface area contributed by atoms with Crippen LogP contribution in [0.2, 0.25) is 0 Å². The minimum atomic E-state index is -0.599. The summed E-state index contributed by atoms with van der Waals surface area (Å²) in [6.45, 7) is 1.07. The van der Waals surface area contributed by atoms with E-state index in [0.29, 0.717) is 25.2 Å². The number of rotatable bonds is 7. The summed E-state index contributed by atoms with van der Waals surface area (Å²) in [7, 11) is 0. The van der Waals surface area contributed by atoms with Crippen LogP contribution in [0.4, 0.5) is 5.69 Å². The molecule has 1 heterocycles. The molecule has 0 aliphatic rings. The average Bonchev–Trinajstić information content (AvgIpc) is 2.92. The number of nitro benzene ring substituents is 1. The molecule has 2 N–H and O–H groups in total. The third kappa shape index (κ3) is 3.87. The van der Waals surface area contributed by atoms with E-state index in [1.165, 1.54) is 6.07 Å². The number of aliphatic hydroxyl groups excluding tert-OH is 1. The first-order valence-corrected chi connectivity index (χ1v) is 6.25. The van der Waals surface area contributed by atoms with Gasteiger partial charge in [0.2, 0.25) is 0 Å². The van der Waals surface area contributed by atoms with Gasteiger partial charge in [-0.15, -0.1) is 0 Å². The van der Waals surface area contributed by atoms with Gasteiger partial charge in [0.15, 0.2) is 0 Å². The van der Waals surface area contributed by atoms with Gasteiger partial charge in [0.05, 0.1) is 17.6 Å². The second-order valence-electron chi connectivity index (χ2n) is 4.40. The molecule has 0 fully saturated rings. The van der Waals surface area contributed by atoms with E-state index in [-0.39, 0.29) is 5.69 Å². The standard InChI is InChI=1S/C13H16N4O3/c18-12(10-16-7-3-6-15-16)9-14-8-11-4-1-2-5-13(11)17(19)20/h1-7,12,14,18H,8-10H2. The summed E-state index contributed by atoms with van der Waals surface area (Å²) in [5, 5.41) is 27.7. The van der Waals surface area contributed by atoms with Gasteiger partial charge in [0.1, 0.15) is 0 Å². The van der Waals surface area contributed by atoms with Gasteiger partial charge >= 0.3 is 0 Å². The fraction of sp³-hybridized carbons (Fsp3) is 0.308. The van der Waals surface area contributed by atoms with Gasteiger partial charge in [-0.25, -0.2) is 0 Å². The molecule has 2 aromatic rings. The molecule has 0 saturated heterocycles. The van der Waals surface area contributed by atoms with E-state index >= 15 is 0 Å². The molecule has 0 spiro atoms. The molecule has 0 saturated carbocycles. The van der Waals surface area contributed by atoms with E-state index in [1.807, 2.05) is 0 Å². The summed E-state index contributed by atoms with van der Waals surface area (Å²) in [5.41, 5.74) is 0.686. The molecule has 0 amide bonds. The third-order valence-electron chi connectivity index (χ3n) is 2.84. The number of hydrogen-bond donors (Lipinski definition) is 2. The van der Waals surface area contributed by atoms with Gasteiger partial charge in [0, 0.05) is 37.1 Å². The van der Waals surface area contributed by atoms with E-state index in [1.54, 1.807) is 41.3 Å². The average molecular weight is 276 g/mol. The zero-order chi connectivity index (χ0) is 14.4. The normalized spacial score (nSPS) is 12.2. The van der Waals surface area contributed by atoms with Crippen LogP contribution in [-0.4, -0.2) is 32.5 Å². The molecule has 20 heavy (non-hydrogen) atoms. The fourth-order valence-electron chi connectivity index (χ4n) is 1.90. The fourth-order valence-corrected chi connectivity index (χ4v) is 1.90. The Kier molecular flexibility index (Phi) is 4.80. The van der Waals surface area contributed by atoms with E-state index in [9.17, 15) is 15.2 Å². The molecule has 0 aliphatic heterocycles. The molecule has 1 atom stereocenters. The van der Waals surface area contributed by atoms with Crippen molar-refractivity contribution in [3.05, 3.63) is 58.4 Å². The Balaban J connectivity index is 1.82. The largest absolute Gasteiger partial charge is 0.390 e. The first-order chi connectivity index (χ1) is 9.66. The maximum Gasteiger partial charge on any atom is 0.273 e. The predicted molar refractivity (Wildman–Crippen MR) is 73.0 cm³/mol. The highest BCUT2D eigenvalue weighted by atomic mass is 16.6. The molecular formula is C13H16N4O3. The number of benzene rings is 1. The topological polar surface area (TPSA) is 93.2 Å². The van der Waals surface area contributed by atoms with Gasteiger partial charge in [-0.3, -0.25) is 14.8 Å². The summed E-state index contributed by atoms with van der Waals surface area (Å²) >= 11 is 0. The lowest BCUT2D eigenvalue weighted by molar-refractivity contribution is -0.385. The minimum Gasteiger partial charge on any atom is -0.390 e. The van der Waals surface area contributed by atoms with Crippen LogP contribution in [0.5, 0.6) is 0 Å². The molecule has 0 aliphatic carbocycles. The molecule has 1 unspecified atom stereocenters. The molecule has 0 radical (unpaired) electrons. The SMILES string of the molecule is O=[N+]([O-])c1ccccc1CNCC(O)Cn1cccn1. The van der Waals surface area contributed by atoms with Crippen molar-refractivity contribution >= 4 is 5.69 Å². The van der Waals surface area contributed by atoms with E-state index < -0.39 is 11.0 Å². The zero-order valence-corrected chi connectivity index (χ0v) is 10.8. The molecule has 0 bridgehead atoms. The smallest absolute Gasteiger partial charge is 0.273 e. The second-order valence-corrected chi connectivity index (χ2v) is 4.40. The summed E-state index contributed by atoms with van der Waals surface area (Å²) < 4.78 is 1.64. The van der Waals surface area contributed by atoms with Gasteiger partial charge in [-0.1, -0.05) is 18.2 Å². The van der Waals surface area contributed by atoms with Crippen LogP contribution < -0.4 is 5.32 Å². The van der Waals surface area contributed by atoms with Crippen molar-refractivity contribution in [2.75, 3.05) is 6.54 Å². The molecule has 7 heteroatoms. The van der Waals surface area contributed by atoms with Crippen LogP contribution in [0.1, 0.15) is 5.56 Å². The molecule has 1 aromatic heterocycles. The summed E-state index contributed by atoms with van der Waals surface area (Å²) in [5.74, 6) is 0. The molecule has 7 nitrogen and oxygen atoms in total. The maximum atomic E-state index is 10.8. The van der Waals surface area contributed by atoms with Crippen LogP contribution in [0, 0.1) is 10.1 Å². The Morgan fingerprint density at radius 2 is 2.20 bits per heavy atom. The third-order valence-corrected chi connectivity index (χ3v) is 2.84. The van der Waals surface area contributed by atoms with Gasteiger partial charge < -0.3 is 10.4 Å². The van der Waals surface area contributed by atoms with Gasteiger partial charge in [-0.05, 0) is 6.07 Å². The lowest BCUT2D eigenvalue weighted by Gasteiger charge is -2.12. The van der Waals surface area contributed by atoms with Crippen LogP contribution in [-0.2, 0) is 13.1 Å². The highest BCUT2D eigenvalue weighted by Gasteiger charge is 2.12. The van der Waals surface area contributed by atoms with Crippen molar-refractivity contribution in [2.24, 2.45) is 0 Å². The quantitative estimate of drug-likeness (QED) is 0.580. The summed E-state index contributed by atoms with van der Waals surface area (Å²) in [6, 6.07) is 8.34. The van der Waals surface area contributed by atoms with Crippen molar-refractivity contribution in [2.45, 2.75) is 19.2 Å². The van der Waals surface area contributed by atoms with Crippen molar-refractivity contribution in [3.8, 4) is 0 Å². The highest BCUT2D eigenvalue weighted by molar-refractivity contribution is 5.39. The Bertz CT molecular complexity index is 557. The lowest BCUT2D eigenvalue weighted by atomic mass is 10.2. The van der Waals surface area contributed by atoms with E-state index in [4.69, 9.17) is 0 Å². The second kappa shape index (κ2) is 6.78. The van der Waals surface area contributed by atoms with Crippen LogP contribution in [0.25, 0.3) is 0 Å². The maximum absolute atomic E-state index is 10.8. The predicted octanol–water partition coefficient (Wildman–Crippen LogP) is 0.942. The monoisotopic (exact) mass is 276 g/mol. The zero-order valence-electron chi connectivity index (χ0n) is 10.8. The number of nitro groups is 1. The van der Waals surface area contributed by atoms with Crippen molar-refractivity contribution in [1.82, 2.24) is 15.1 Å². The Hall–Kier alpha value is -2.25. The number of aromatic nitrogens is 2.